The molecule has 1 nitrogen and oxygen atoms in total. The minimum absolute atomic E-state index is 0.0704. The van der Waals surface area contributed by atoms with Crippen molar-refractivity contribution in [2.75, 3.05) is 0 Å². The monoisotopic (exact) mass is 216 g/mol. The standard InChI is InChI=1S/C11H11F3O/c12-11(13,14)10(7-4-8-15)9-5-2-1-3-6-9/h1-3,5-6,8,10H,4,7H2. The third-order valence-electron chi connectivity index (χ3n) is 2.17. The van der Waals surface area contributed by atoms with Crippen LogP contribution in [-0.4, -0.2) is 12.5 Å². The van der Waals surface area contributed by atoms with Crippen LogP contribution in [0.1, 0.15) is 24.3 Å². The Morgan fingerprint density at radius 1 is 1.20 bits per heavy atom. The average molecular weight is 216 g/mol. The molecule has 0 aliphatic heterocycles. The van der Waals surface area contributed by atoms with Gasteiger partial charge in [-0.05, 0) is 12.0 Å². The van der Waals surface area contributed by atoms with Gasteiger partial charge >= 0.3 is 6.18 Å². The molecule has 0 aliphatic rings. The van der Waals surface area contributed by atoms with Crippen molar-refractivity contribution in [1.82, 2.24) is 0 Å². The molecule has 0 spiro atoms. The van der Waals surface area contributed by atoms with Crippen molar-refractivity contribution in [1.29, 1.82) is 0 Å². The lowest BCUT2D eigenvalue weighted by molar-refractivity contribution is -0.152. The molecule has 0 radical (unpaired) electrons. The predicted molar refractivity (Wildman–Crippen MR) is 50.5 cm³/mol. The van der Waals surface area contributed by atoms with Crippen LogP contribution in [0.15, 0.2) is 30.3 Å². The predicted octanol–water partition coefficient (Wildman–Crippen LogP) is 3.31. The number of carbonyl (C=O) groups is 1. The normalized spacial score (nSPS) is 13.5. The Kier molecular flexibility index (Phi) is 3.88. The Hall–Kier alpha value is -1.32. The van der Waals surface area contributed by atoms with Crippen molar-refractivity contribution in [2.24, 2.45) is 0 Å². The van der Waals surface area contributed by atoms with Crippen molar-refractivity contribution in [3.63, 3.8) is 0 Å². The van der Waals surface area contributed by atoms with Crippen molar-refractivity contribution in [2.45, 2.75) is 24.9 Å². The number of carbonyl (C=O) groups excluding carboxylic acids is 1. The maximum atomic E-state index is 12.6. The van der Waals surface area contributed by atoms with Gasteiger partial charge in [0.05, 0.1) is 5.92 Å². The summed E-state index contributed by atoms with van der Waals surface area (Å²) < 4.78 is 37.8. The summed E-state index contributed by atoms with van der Waals surface area (Å²) in [5.74, 6) is -1.54. The van der Waals surface area contributed by atoms with Crippen LogP contribution in [0.3, 0.4) is 0 Å². The molecule has 1 atom stereocenters. The molecule has 82 valence electrons. The second-order valence-corrected chi connectivity index (χ2v) is 3.25. The lowest BCUT2D eigenvalue weighted by Gasteiger charge is -2.19. The number of alkyl halides is 3. The van der Waals surface area contributed by atoms with E-state index in [1.54, 1.807) is 18.2 Å². The lowest BCUT2D eigenvalue weighted by atomic mass is 9.94. The molecule has 1 unspecified atom stereocenters. The van der Waals surface area contributed by atoms with Crippen molar-refractivity contribution in [3.05, 3.63) is 35.9 Å². The number of benzene rings is 1. The fourth-order valence-electron chi connectivity index (χ4n) is 1.44. The first kappa shape index (κ1) is 11.8. The molecule has 1 aromatic carbocycles. The van der Waals surface area contributed by atoms with Crippen LogP contribution in [0, 0.1) is 0 Å². The molecule has 0 bridgehead atoms. The Labute approximate surface area is 85.9 Å². The Morgan fingerprint density at radius 2 is 1.80 bits per heavy atom. The van der Waals surface area contributed by atoms with Crippen LogP contribution in [0.4, 0.5) is 13.2 Å². The van der Waals surface area contributed by atoms with E-state index < -0.39 is 12.1 Å². The van der Waals surface area contributed by atoms with E-state index in [0.29, 0.717) is 6.29 Å². The van der Waals surface area contributed by atoms with Crippen LogP contribution in [0.5, 0.6) is 0 Å². The minimum Gasteiger partial charge on any atom is -0.303 e. The molecule has 0 N–H and O–H groups in total. The summed E-state index contributed by atoms with van der Waals surface area (Å²) in [5.41, 5.74) is 0.215. The zero-order valence-electron chi connectivity index (χ0n) is 8.00. The third kappa shape index (κ3) is 3.38. The molecular weight excluding hydrogens is 205 g/mol. The Morgan fingerprint density at radius 3 is 2.27 bits per heavy atom. The minimum atomic E-state index is -4.29. The van der Waals surface area contributed by atoms with Crippen molar-refractivity contribution in [3.8, 4) is 0 Å². The number of hydrogen-bond acceptors (Lipinski definition) is 1. The van der Waals surface area contributed by atoms with E-state index in [9.17, 15) is 18.0 Å². The molecule has 0 aliphatic carbocycles. The molecule has 0 fully saturated rings. The first-order valence-corrected chi connectivity index (χ1v) is 4.61. The number of aldehydes is 1. The molecule has 15 heavy (non-hydrogen) atoms. The van der Waals surface area contributed by atoms with Crippen molar-refractivity contribution >= 4 is 6.29 Å². The summed E-state index contributed by atoms with van der Waals surface area (Å²) in [7, 11) is 0. The van der Waals surface area contributed by atoms with Crippen LogP contribution < -0.4 is 0 Å². The topological polar surface area (TPSA) is 17.1 Å². The van der Waals surface area contributed by atoms with E-state index in [4.69, 9.17) is 0 Å². The summed E-state index contributed by atoms with van der Waals surface area (Å²) in [6.07, 6.45) is -4.03. The second-order valence-electron chi connectivity index (χ2n) is 3.25. The third-order valence-corrected chi connectivity index (χ3v) is 2.17. The Bertz CT molecular complexity index is 305. The van der Waals surface area contributed by atoms with Gasteiger partial charge in [-0.15, -0.1) is 0 Å². The second kappa shape index (κ2) is 4.96. The van der Waals surface area contributed by atoms with Gasteiger partial charge in [0.2, 0.25) is 0 Å². The smallest absolute Gasteiger partial charge is 0.303 e. The quantitative estimate of drug-likeness (QED) is 0.705. The van der Waals surface area contributed by atoms with E-state index in [2.05, 4.69) is 0 Å². The van der Waals surface area contributed by atoms with Gasteiger partial charge in [-0.25, -0.2) is 0 Å². The van der Waals surface area contributed by atoms with Crippen molar-refractivity contribution < 1.29 is 18.0 Å². The van der Waals surface area contributed by atoms with Gasteiger partial charge in [0.15, 0.2) is 0 Å². The summed E-state index contributed by atoms with van der Waals surface area (Å²) >= 11 is 0. The molecule has 0 heterocycles. The largest absolute Gasteiger partial charge is 0.395 e. The van der Waals surface area contributed by atoms with Gasteiger partial charge < -0.3 is 4.79 Å². The molecule has 1 aromatic rings. The molecule has 4 heteroatoms. The summed E-state index contributed by atoms with van der Waals surface area (Å²) in [5, 5.41) is 0. The van der Waals surface area contributed by atoms with Crippen LogP contribution >= 0.6 is 0 Å². The van der Waals surface area contributed by atoms with E-state index >= 15 is 0 Å². The van der Waals surface area contributed by atoms with Gasteiger partial charge in [0.25, 0.3) is 0 Å². The van der Waals surface area contributed by atoms with Crippen LogP contribution in [0.2, 0.25) is 0 Å². The van der Waals surface area contributed by atoms with E-state index in [-0.39, 0.29) is 18.4 Å². The van der Waals surface area contributed by atoms with Gasteiger partial charge in [-0.3, -0.25) is 0 Å². The Balaban J connectivity index is 2.86. The number of rotatable bonds is 4. The zero-order chi connectivity index (χ0) is 11.3. The summed E-state index contributed by atoms with van der Waals surface area (Å²) in [4.78, 5) is 10.1. The fraction of sp³-hybridized carbons (Fsp3) is 0.364. The summed E-state index contributed by atoms with van der Waals surface area (Å²) in [6, 6.07) is 7.66. The van der Waals surface area contributed by atoms with Gasteiger partial charge in [0.1, 0.15) is 6.29 Å². The first-order chi connectivity index (χ1) is 7.05. The zero-order valence-corrected chi connectivity index (χ0v) is 8.00. The van der Waals surface area contributed by atoms with Gasteiger partial charge in [0, 0.05) is 6.42 Å². The maximum absolute atomic E-state index is 12.6. The molecule has 1 rings (SSSR count). The molecular formula is C11H11F3O. The highest BCUT2D eigenvalue weighted by Gasteiger charge is 2.39. The van der Waals surface area contributed by atoms with E-state index in [1.807, 2.05) is 0 Å². The first-order valence-electron chi connectivity index (χ1n) is 4.61. The molecule has 0 saturated heterocycles. The highest BCUT2D eigenvalue weighted by Crippen LogP contribution is 2.37. The van der Waals surface area contributed by atoms with Crippen LogP contribution in [0.25, 0.3) is 0 Å². The van der Waals surface area contributed by atoms with Gasteiger partial charge in [-0.1, -0.05) is 30.3 Å². The highest BCUT2D eigenvalue weighted by molar-refractivity contribution is 5.49. The molecule has 0 amide bonds. The number of hydrogen-bond donors (Lipinski definition) is 0. The highest BCUT2D eigenvalue weighted by atomic mass is 19.4. The lowest BCUT2D eigenvalue weighted by Crippen LogP contribution is -2.20. The van der Waals surface area contributed by atoms with Crippen LogP contribution in [-0.2, 0) is 4.79 Å². The SMILES string of the molecule is O=CCCC(c1ccccc1)C(F)(F)F. The van der Waals surface area contributed by atoms with E-state index in [0.717, 1.165) is 0 Å². The fourth-order valence-corrected chi connectivity index (χ4v) is 1.44. The van der Waals surface area contributed by atoms with Gasteiger partial charge in [-0.2, -0.15) is 13.2 Å². The summed E-state index contributed by atoms with van der Waals surface area (Å²) in [6.45, 7) is 0. The molecule has 0 aromatic heterocycles. The number of halogens is 3. The van der Waals surface area contributed by atoms with E-state index in [1.165, 1.54) is 12.1 Å². The molecule has 0 saturated carbocycles. The average Bonchev–Trinajstić information content (AvgIpc) is 2.18. The maximum Gasteiger partial charge on any atom is 0.395 e.